The van der Waals surface area contributed by atoms with E-state index in [0.29, 0.717) is 36.9 Å². The number of carbonyl (C=O) groups is 1. The van der Waals surface area contributed by atoms with E-state index in [1.54, 1.807) is 6.20 Å². The van der Waals surface area contributed by atoms with Gasteiger partial charge in [0, 0.05) is 48.0 Å². The van der Waals surface area contributed by atoms with Crippen molar-refractivity contribution in [2.45, 2.75) is 0 Å². The highest BCUT2D eigenvalue weighted by Crippen LogP contribution is 2.37. The Morgan fingerprint density at radius 2 is 2.04 bits per heavy atom. The smallest absolute Gasteiger partial charge is 0.257 e. The molecule has 0 unspecified atom stereocenters. The van der Waals surface area contributed by atoms with Crippen molar-refractivity contribution in [2.24, 2.45) is 7.05 Å². The summed E-state index contributed by atoms with van der Waals surface area (Å²) < 4.78 is 8.11. The Hall–Kier alpha value is -1.89. The van der Waals surface area contributed by atoms with Crippen molar-refractivity contribution in [1.82, 2.24) is 14.5 Å². The minimum absolute atomic E-state index is 0.00990. The van der Waals surface area contributed by atoms with Crippen LogP contribution in [0.5, 0.6) is 0 Å². The zero-order valence-electron chi connectivity index (χ0n) is 14.2. The molecule has 2 aromatic heterocycles. The number of carbonyl (C=O) groups excluding carboxylic acids is 1. The van der Waals surface area contributed by atoms with Gasteiger partial charge in [0.15, 0.2) is 0 Å². The lowest BCUT2D eigenvalue weighted by Crippen LogP contribution is -2.40. The number of aromatic nitrogens is 2. The summed E-state index contributed by atoms with van der Waals surface area (Å²) in [6.07, 6.45) is 3.62. The molecular formula is C19H17BrClN3O2. The predicted octanol–water partition coefficient (Wildman–Crippen LogP) is 4.13. The largest absolute Gasteiger partial charge is 0.378 e. The van der Waals surface area contributed by atoms with Crippen molar-refractivity contribution < 1.29 is 9.53 Å². The molecule has 4 rings (SSSR count). The molecular weight excluding hydrogens is 418 g/mol. The Bertz CT molecular complexity index is 996. The number of morpholine rings is 1. The predicted molar refractivity (Wildman–Crippen MR) is 106 cm³/mol. The van der Waals surface area contributed by atoms with Crippen LogP contribution in [0.3, 0.4) is 0 Å². The molecule has 1 aliphatic heterocycles. The normalized spacial score (nSPS) is 14.8. The monoisotopic (exact) mass is 433 g/mol. The molecule has 3 heterocycles. The minimum Gasteiger partial charge on any atom is -0.378 e. The van der Waals surface area contributed by atoms with E-state index in [-0.39, 0.29) is 5.91 Å². The molecule has 0 N–H and O–H groups in total. The molecule has 26 heavy (non-hydrogen) atoms. The van der Waals surface area contributed by atoms with Crippen LogP contribution in [0.1, 0.15) is 10.4 Å². The maximum atomic E-state index is 13.0. The lowest BCUT2D eigenvalue weighted by molar-refractivity contribution is 0.0303. The molecule has 7 heteroatoms. The topological polar surface area (TPSA) is 47.4 Å². The number of rotatable bonds is 2. The van der Waals surface area contributed by atoms with Gasteiger partial charge in [-0.2, -0.15) is 0 Å². The second-order valence-electron chi connectivity index (χ2n) is 6.22. The summed E-state index contributed by atoms with van der Waals surface area (Å²) in [4.78, 5) is 19.5. The zero-order chi connectivity index (χ0) is 18.3. The molecule has 0 radical (unpaired) electrons. The Morgan fingerprint density at radius 1 is 1.27 bits per heavy atom. The summed E-state index contributed by atoms with van der Waals surface area (Å²) in [7, 11) is 1.94. The summed E-state index contributed by atoms with van der Waals surface area (Å²) in [6, 6.07) is 7.68. The summed E-state index contributed by atoms with van der Waals surface area (Å²) in [5, 5.41) is 1.55. The van der Waals surface area contributed by atoms with Gasteiger partial charge < -0.3 is 14.2 Å². The van der Waals surface area contributed by atoms with E-state index in [0.717, 1.165) is 26.6 Å². The number of hydrogen-bond acceptors (Lipinski definition) is 3. The third-order valence-corrected chi connectivity index (χ3v) is 6.04. The van der Waals surface area contributed by atoms with Gasteiger partial charge in [0.05, 0.1) is 35.0 Å². The van der Waals surface area contributed by atoms with Crippen LogP contribution in [-0.2, 0) is 11.8 Å². The van der Waals surface area contributed by atoms with E-state index in [9.17, 15) is 4.79 Å². The lowest BCUT2D eigenvalue weighted by atomic mass is 10.1. The third-order valence-electron chi connectivity index (χ3n) is 4.64. The summed E-state index contributed by atoms with van der Waals surface area (Å²) in [6.45, 7) is 2.35. The second kappa shape index (κ2) is 7.02. The number of hydrogen-bond donors (Lipinski definition) is 0. The summed E-state index contributed by atoms with van der Waals surface area (Å²) in [5.74, 6) is -0.00990. The average molecular weight is 435 g/mol. The van der Waals surface area contributed by atoms with Gasteiger partial charge in [-0.3, -0.25) is 9.78 Å². The highest BCUT2D eigenvalue weighted by Gasteiger charge is 2.24. The Balaban J connectivity index is 1.87. The molecule has 1 amide bonds. The number of pyridine rings is 1. The Kier molecular flexibility index (Phi) is 4.73. The first-order valence-corrected chi connectivity index (χ1v) is 9.50. The number of aryl methyl sites for hydroxylation is 1. The molecule has 1 aromatic carbocycles. The molecule has 0 spiro atoms. The summed E-state index contributed by atoms with van der Waals surface area (Å²) >= 11 is 9.80. The van der Waals surface area contributed by atoms with Crippen LogP contribution in [0.15, 0.2) is 41.1 Å². The minimum atomic E-state index is -0.00990. The maximum Gasteiger partial charge on any atom is 0.257 e. The van der Waals surface area contributed by atoms with Crippen LogP contribution in [0.2, 0.25) is 5.02 Å². The molecule has 0 atom stereocenters. The first-order chi connectivity index (χ1) is 12.6. The van der Waals surface area contributed by atoms with Crippen LogP contribution >= 0.6 is 27.5 Å². The van der Waals surface area contributed by atoms with Crippen molar-refractivity contribution in [2.75, 3.05) is 26.3 Å². The first kappa shape index (κ1) is 17.5. The van der Waals surface area contributed by atoms with Crippen molar-refractivity contribution in [3.63, 3.8) is 0 Å². The van der Waals surface area contributed by atoms with Crippen molar-refractivity contribution >= 4 is 44.3 Å². The van der Waals surface area contributed by atoms with Gasteiger partial charge in [0.2, 0.25) is 0 Å². The van der Waals surface area contributed by atoms with Crippen LogP contribution in [0.25, 0.3) is 22.2 Å². The van der Waals surface area contributed by atoms with E-state index in [1.807, 2.05) is 47.0 Å². The molecule has 1 fully saturated rings. The van der Waals surface area contributed by atoms with Gasteiger partial charge in [-0.05, 0) is 28.1 Å². The van der Waals surface area contributed by atoms with Gasteiger partial charge in [-0.1, -0.05) is 23.7 Å². The van der Waals surface area contributed by atoms with Crippen LogP contribution in [0.4, 0.5) is 0 Å². The van der Waals surface area contributed by atoms with Crippen molar-refractivity contribution in [3.05, 3.63) is 51.7 Å². The highest BCUT2D eigenvalue weighted by molar-refractivity contribution is 9.10. The number of amides is 1. The van der Waals surface area contributed by atoms with Gasteiger partial charge in [-0.15, -0.1) is 0 Å². The molecule has 1 saturated heterocycles. The average Bonchev–Trinajstić information content (AvgIpc) is 3.06. The van der Waals surface area contributed by atoms with E-state index in [2.05, 4.69) is 20.9 Å². The highest BCUT2D eigenvalue weighted by atomic mass is 79.9. The quantitative estimate of drug-likeness (QED) is 0.609. The van der Waals surface area contributed by atoms with Crippen molar-refractivity contribution in [3.8, 4) is 11.3 Å². The SMILES string of the molecule is Cn1ccc2c(-c3cccc(Cl)c3Br)ncc(C(=O)N3CCOCC3)c21. The fourth-order valence-corrected chi connectivity index (χ4v) is 3.94. The number of ether oxygens (including phenoxy) is 1. The Labute approximate surface area is 164 Å². The molecule has 0 aliphatic carbocycles. The van der Waals surface area contributed by atoms with Crippen LogP contribution < -0.4 is 0 Å². The van der Waals surface area contributed by atoms with Crippen LogP contribution in [0, 0.1) is 0 Å². The molecule has 0 bridgehead atoms. The fourth-order valence-electron chi connectivity index (χ4n) is 3.31. The van der Waals surface area contributed by atoms with E-state index < -0.39 is 0 Å². The lowest BCUT2D eigenvalue weighted by Gasteiger charge is -2.27. The third kappa shape index (κ3) is 2.92. The van der Waals surface area contributed by atoms with E-state index >= 15 is 0 Å². The Morgan fingerprint density at radius 3 is 2.81 bits per heavy atom. The van der Waals surface area contributed by atoms with Crippen LogP contribution in [-0.4, -0.2) is 46.7 Å². The van der Waals surface area contributed by atoms with E-state index in [4.69, 9.17) is 16.3 Å². The van der Waals surface area contributed by atoms with Gasteiger partial charge in [0.1, 0.15) is 0 Å². The maximum absolute atomic E-state index is 13.0. The number of halogens is 2. The number of benzene rings is 1. The molecule has 134 valence electrons. The number of fused-ring (bicyclic) bond motifs is 1. The van der Waals surface area contributed by atoms with Gasteiger partial charge >= 0.3 is 0 Å². The molecule has 0 saturated carbocycles. The van der Waals surface area contributed by atoms with E-state index in [1.165, 1.54) is 0 Å². The molecule has 3 aromatic rings. The van der Waals surface area contributed by atoms with Gasteiger partial charge in [0.25, 0.3) is 5.91 Å². The number of nitrogens with zero attached hydrogens (tertiary/aromatic N) is 3. The standard InChI is InChI=1S/C19H17BrClN3O2/c1-23-6-5-13-17(12-3-2-4-15(21)16(12)20)22-11-14(18(13)23)19(25)24-7-9-26-10-8-24/h2-6,11H,7-10H2,1H3. The first-order valence-electron chi connectivity index (χ1n) is 8.33. The molecule has 1 aliphatic rings. The second-order valence-corrected chi connectivity index (χ2v) is 7.42. The zero-order valence-corrected chi connectivity index (χ0v) is 16.5. The van der Waals surface area contributed by atoms with Gasteiger partial charge in [-0.25, -0.2) is 0 Å². The molecule has 5 nitrogen and oxygen atoms in total. The fraction of sp³-hybridized carbons (Fsp3) is 0.263. The summed E-state index contributed by atoms with van der Waals surface area (Å²) in [5.41, 5.74) is 3.18. The van der Waals surface area contributed by atoms with Crippen molar-refractivity contribution in [1.29, 1.82) is 0 Å².